The summed E-state index contributed by atoms with van der Waals surface area (Å²) >= 11 is 0. The quantitative estimate of drug-likeness (QED) is 0.231. The van der Waals surface area contributed by atoms with Gasteiger partial charge in [0, 0.05) is 43.5 Å². The lowest BCUT2D eigenvalue weighted by molar-refractivity contribution is -0.121. The summed E-state index contributed by atoms with van der Waals surface area (Å²) in [5.41, 5.74) is 2.04. The van der Waals surface area contributed by atoms with E-state index in [1.807, 2.05) is 0 Å². The number of carbonyl (C=O) groups excluding carboxylic acids is 2. The first kappa shape index (κ1) is 27.5. The molecule has 4 aromatic rings. The van der Waals surface area contributed by atoms with Crippen LogP contribution in [0.2, 0.25) is 0 Å². The van der Waals surface area contributed by atoms with Crippen LogP contribution in [-0.2, 0) is 20.6 Å². The van der Waals surface area contributed by atoms with Crippen molar-refractivity contribution in [2.24, 2.45) is 0 Å². The Balaban J connectivity index is 1.46. The summed E-state index contributed by atoms with van der Waals surface area (Å²) in [6.07, 6.45) is 1.52. The van der Waals surface area contributed by atoms with Gasteiger partial charge in [-0.2, -0.15) is 4.98 Å². The summed E-state index contributed by atoms with van der Waals surface area (Å²) in [5, 5.41) is 8.72. The van der Waals surface area contributed by atoms with Crippen molar-refractivity contribution < 1.29 is 27.2 Å². The van der Waals surface area contributed by atoms with Crippen LogP contribution in [0.4, 0.5) is 11.6 Å². The summed E-state index contributed by atoms with van der Waals surface area (Å²) in [4.78, 5) is 32.4. The minimum absolute atomic E-state index is 0.232. The van der Waals surface area contributed by atoms with Crippen molar-refractivity contribution in [2.45, 2.75) is 25.6 Å². The predicted molar refractivity (Wildman–Crippen MR) is 145 cm³/mol. The van der Waals surface area contributed by atoms with Crippen molar-refractivity contribution in [1.29, 1.82) is 0 Å². The highest BCUT2D eigenvalue weighted by Gasteiger charge is 2.20. The van der Waals surface area contributed by atoms with Gasteiger partial charge in [-0.1, -0.05) is 12.1 Å². The van der Waals surface area contributed by atoms with Crippen LogP contribution in [0.3, 0.4) is 0 Å². The Morgan fingerprint density at radius 2 is 1.87 bits per heavy atom. The van der Waals surface area contributed by atoms with Crippen molar-refractivity contribution in [3.8, 4) is 11.6 Å². The lowest BCUT2D eigenvalue weighted by Crippen LogP contribution is -2.43. The molecule has 0 saturated heterocycles. The van der Waals surface area contributed by atoms with Gasteiger partial charge >= 0.3 is 0 Å². The summed E-state index contributed by atoms with van der Waals surface area (Å²) in [5.74, 6) is 0.466. The first-order valence-corrected chi connectivity index (χ1v) is 13.6. The number of furan rings is 1. The van der Waals surface area contributed by atoms with E-state index >= 15 is 0 Å². The Labute approximate surface area is 225 Å². The normalized spacial score (nSPS) is 12.1. The number of amides is 2. The maximum absolute atomic E-state index is 12.5. The Morgan fingerprint density at radius 3 is 2.62 bits per heavy atom. The molecule has 4 rings (SSSR count). The predicted octanol–water partition coefficient (Wildman–Crippen LogP) is 2.98. The zero-order valence-electron chi connectivity index (χ0n) is 21.7. The van der Waals surface area contributed by atoms with Crippen LogP contribution in [-0.4, -0.2) is 50.3 Å². The van der Waals surface area contributed by atoms with Crippen LogP contribution in [0.25, 0.3) is 11.0 Å². The average molecular weight is 553 g/mol. The van der Waals surface area contributed by atoms with Crippen LogP contribution in [0.5, 0.6) is 11.6 Å². The monoisotopic (exact) mass is 552 g/mol. The summed E-state index contributed by atoms with van der Waals surface area (Å²) in [7, 11) is -0.766. The molecule has 0 radical (unpaired) electrons. The molecule has 0 fully saturated rings. The Bertz CT molecular complexity index is 1640. The molecule has 39 heavy (non-hydrogen) atoms. The number of ether oxygens (including phenoxy) is 1. The zero-order chi connectivity index (χ0) is 28.2. The van der Waals surface area contributed by atoms with Gasteiger partial charge in [0.25, 0.3) is 5.91 Å². The Morgan fingerprint density at radius 1 is 1.08 bits per heavy atom. The fraction of sp³-hybridized carbons (Fsp3) is 0.231. The molecule has 0 aliphatic heterocycles. The fourth-order valence-corrected chi connectivity index (χ4v) is 5.27. The van der Waals surface area contributed by atoms with E-state index in [2.05, 4.69) is 30.6 Å². The van der Waals surface area contributed by atoms with Gasteiger partial charge in [0.2, 0.25) is 27.8 Å². The number of likely N-dealkylation sites (N-methyl/N-ethyl adjacent to an activating group) is 1. The molecule has 204 valence electrons. The molecule has 0 aliphatic carbocycles. The number of fused-ring (bicyclic) bond motifs is 1. The SMILES string of the molecule is CNC(=O)c1c(C)oc2cc(Oc3ccnc(Nc4cccc(CS(=O)(=O)NC(C)C(=O)NC)c4)n3)ccc12. The highest BCUT2D eigenvalue weighted by molar-refractivity contribution is 7.88. The van der Waals surface area contributed by atoms with E-state index in [1.54, 1.807) is 62.5 Å². The number of hydrogen-bond acceptors (Lipinski definition) is 9. The van der Waals surface area contributed by atoms with E-state index in [0.29, 0.717) is 39.3 Å². The first-order valence-electron chi connectivity index (χ1n) is 11.9. The third kappa shape index (κ3) is 6.69. The van der Waals surface area contributed by atoms with Crippen molar-refractivity contribution >= 4 is 44.4 Å². The lowest BCUT2D eigenvalue weighted by atomic mass is 10.1. The number of aromatic nitrogens is 2. The standard InChI is InChI=1S/C26H28N6O6S/c1-15(24(33)27-3)32-39(35,36)14-17-6-5-7-18(12-17)30-26-29-11-10-22(31-26)38-19-8-9-20-21(13-19)37-16(2)23(20)25(34)28-4/h5-13,15,32H,14H2,1-4H3,(H,27,33)(H,28,34)(H,29,30,31). The second kappa shape index (κ2) is 11.5. The second-order valence-corrected chi connectivity index (χ2v) is 10.4. The maximum atomic E-state index is 12.5. The molecule has 4 N–H and O–H groups in total. The van der Waals surface area contributed by atoms with Crippen LogP contribution in [0.1, 0.15) is 28.6 Å². The molecular formula is C26H28N6O6S. The Kier molecular flexibility index (Phi) is 8.12. The van der Waals surface area contributed by atoms with Gasteiger partial charge in [0.05, 0.1) is 17.4 Å². The first-order chi connectivity index (χ1) is 18.6. The summed E-state index contributed by atoms with van der Waals surface area (Å²) < 4.78 is 38.9. The molecule has 0 aliphatic rings. The highest BCUT2D eigenvalue weighted by Crippen LogP contribution is 2.31. The maximum Gasteiger partial charge on any atom is 0.255 e. The van der Waals surface area contributed by atoms with E-state index in [4.69, 9.17) is 9.15 Å². The van der Waals surface area contributed by atoms with Crippen LogP contribution in [0, 0.1) is 6.92 Å². The lowest BCUT2D eigenvalue weighted by Gasteiger charge is -2.13. The number of hydrogen-bond donors (Lipinski definition) is 4. The van der Waals surface area contributed by atoms with Gasteiger partial charge in [0.15, 0.2) is 0 Å². The molecule has 0 bridgehead atoms. The number of nitrogens with one attached hydrogen (secondary N) is 4. The van der Waals surface area contributed by atoms with Crippen molar-refractivity contribution in [3.05, 3.63) is 71.6 Å². The molecule has 0 spiro atoms. The number of sulfonamides is 1. The van der Waals surface area contributed by atoms with E-state index < -0.39 is 22.0 Å². The molecule has 0 saturated carbocycles. The van der Waals surface area contributed by atoms with E-state index in [9.17, 15) is 18.0 Å². The summed E-state index contributed by atoms with van der Waals surface area (Å²) in [6, 6.07) is 12.6. The molecule has 2 amide bonds. The van der Waals surface area contributed by atoms with Gasteiger partial charge in [-0.05, 0) is 43.7 Å². The van der Waals surface area contributed by atoms with Crippen LogP contribution < -0.4 is 25.4 Å². The number of anilines is 2. The number of aryl methyl sites for hydroxylation is 1. The molecular weight excluding hydrogens is 524 g/mol. The number of rotatable bonds is 10. The molecule has 1 unspecified atom stereocenters. The fourth-order valence-electron chi connectivity index (χ4n) is 3.92. The minimum atomic E-state index is -3.76. The largest absolute Gasteiger partial charge is 0.460 e. The topological polar surface area (TPSA) is 165 Å². The molecule has 2 aromatic heterocycles. The number of carbonyl (C=O) groups is 2. The van der Waals surface area contributed by atoms with E-state index in [0.717, 1.165) is 0 Å². The molecule has 2 heterocycles. The average Bonchev–Trinajstić information content (AvgIpc) is 3.22. The molecule has 13 heteroatoms. The van der Waals surface area contributed by atoms with Gasteiger partial charge in [-0.15, -0.1) is 0 Å². The van der Waals surface area contributed by atoms with Crippen molar-refractivity contribution in [2.75, 3.05) is 19.4 Å². The van der Waals surface area contributed by atoms with E-state index in [1.165, 1.54) is 20.2 Å². The number of nitrogens with zero attached hydrogens (tertiary/aromatic N) is 2. The third-order valence-electron chi connectivity index (χ3n) is 5.68. The Hall–Kier alpha value is -4.49. The van der Waals surface area contributed by atoms with Crippen molar-refractivity contribution in [1.82, 2.24) is 25.3 Å². The van der Waals surface area contributed by atoms with Gasteiger partial charge in [-0.3, -0.25) is 9.59 Å². The van der Waals surface area contributed by atoms with Gasteiger partial charge in [-0.25, -0.2) is 18.1 Å². The number of benzene rings is 2. The minimum Gasteiger partial charge on any atom is -0.460 e. The van der Waals surface area contributed by atoms with Crippen molar-refractivity contribution in [3.63, 3.8) is 0 Å². The zero-order valence-corrected chi connectivity index (χ0v) is 22.5. The van der Waals surface area contributed by atoms with Crippen LogP contribution in [0.15, 0.2) is 59.1 Å². The van der Waals surface area contributed by atoms with E-state index in [-0.39, 0.29) is 23.5 Å². The second-order valence-electron chi connectivity index (χ2n) is 8.63. The smallest absolute Gasteiger partial charge is 0.255 e. The molecule has 12 nitrogen and oxygen atoms in total. The van der Waals surface area contributed by atoms with Gasteiger partial charge < -0.3 is 25.1 Å². The molecule has 1 atom stereocenters. The van der Waals surface area contributed by atoms with Crippen LogP contribution >= 0.6 is 0 Å². The highest BCUT2D eigenvalue weighted by atomic mass is 32.2. The van der Waals surface area contributed by atoms with Gasteiger partial charge in [0.1, 0.15) is 17.1 Å². The molecule has 2 aromatic carbocycles. The third-order valence-corrected chi connectivity index (χ3v) is 7.11. The summed E-state index contributed by atoms with van der Waals surface area (Å²) in [6.45, 7) is 3.19.